The van der Waals surface area contributed by atoms with E-state index in [2.05, 4.69) is 0 Å². The van der Waals surface area contributed by atoms with E-state index in [4.69, 9.17) is 4.42 Å². The SMILES string of the molecule is O=Cc1ccc(Sc2ccc(F)c(F)c2)o1. The van der Waals surface area contributed by atoms with E-state index in [0.717, 1.165) is 23.9 Å². The molecular weight excluding hydrogens is 234 g/mol. The molecule has 0 amide bonds. The van der Waals surface area contributed by atoms with Gasteiger partial charge in [-0.3, -0.25) is 4.79 Å². The van der Waals surface area contributed by atoms with Crippen molar-refractivity contribution in [1.82, 2.24) is 0 Å². The van der Waals surface area contributed by atoms with Crippen LogP contribution in [0.1, 0.15) is 10.6 Å². The molecule has 0 spiro atoms. The van der Waals surface area contributed by atoms with E-state index in [0.29, 0.717) is 16.3 Å². The van der Waals surface area contributed by atoms with Crippen LogP contribution in [0.3, 0.4) is 0 Å². The molecule has 5 heteroatoms. The Morgan fingerprint density at radius 3 is 2.56 bits per heavy atom. The van der Waals surface area contributed by atoms with Crippen LogP contribution >= 0.6 is 11.8 Å². The third kappa shape index (κ3) is 2.30. The van der Waals surface area contributed by atoms with Gasteiger partial charge in [0.15, 0.2) is 28.8 Å². The van der Waals surface area contributed by atoms with Crippen LogP contribution in [0.5, 0.6) is 0 Å². The summed E-state index contributed by atoms with van der Waals surface area (Å²) in [6.07, 6.45) is 0.579. The Hall–Kier alpha value is -1.62. The molecule has 0 radical (unpaired) electrons. The first-order chi connectivity index (χ1) is 7.69. The molecule has 0 fully saturated rings. The Labute approximate surface area is 94.3 Å². The topological polar surface area (TPSA) is 30.2 Å². The van der Waals surface area contributed by atoms with E-state index in [-0.39, 0.29) is 5.76 Å². The van der Waals surface area contributed by atoms with Crippen LogP contribution in [-0.4, -0.2) is 6.29 Å². The summed E-state index contributed by atoms with van der Waals surface area (Å²) in [5.74, 6) is -1.60. The van der Waals surface area contributed by atoms with Gasteiger partial charge in [-0.1, -0.05) is 11.8 Å². The van der Waals surface area contributed by atoms with Crippen LogP contribution in [-0.2, 0) is 0 Å². The van der Waals surface area contributed by atoms with Crippen LogP contribution in [0.25, 0.3) is 0 Å². The van der Waals surface area contributed by atoms with Gasteiger partial charge in [0.2, 0.25) is 0 Å². The zero-order chi connectivity index (χ0) is 11.5. The highest BCUT2D eigenvalue weighted by molar-refractivity contribution is 7.99. The van der Waals surface area contributed by atoms with Crippen LogP contribution in [0, 0.1) is 11.6 Å². The quantitative estimate of drug-likeness (QED) is 0.769. The number of furan rings is 1. The molecule has 0 atom stereocenters. The van der Waals surface area contributed by atoms with Crippen molar-refractivity contribution in [3.8, 4) is 0 Å². The zero-order valence-corrected chi connectivity index (χ0v) is 8.76. The van der Waals surface area contributed by atoms with Gasteiger partial charge in [0.05, 0.1) is 0 Å². The van der Waals surface area contributed by atoms with E-state index in [9.17, 15) is 13.6 Å². The number of halogens is 2. The second-order valence-electron chi connectivity index (χ2n) is 2.95. The van der Waals surface area contributed by atoms with Gasteiger partial charge >= 0.3 is 0 Å². The second-order valence-corrected chi connectivity index (χ2v) is 4.03. The summed E-state index contributed by atoms with van der Waals surface area (Å²) in [7, 11) is 0. The smallest absolute Gasteiger partial charge is 0.185 e. The third-order valence-electron chi connectivity index (χ3n) is 1.83. The second kappa shape index (κ2) is 4.49. The van der Waals surface area contributed by atoms with Crippen molar-refractivity contribution in [2.75, 3.05) is 0 Å². The first kappa shape index (κ1) is 10.9. The number of carbonyl (C=O) groups excluding carboxylic acids is 1. The van der Waals surface area contributed by atoms with Crippen LogP contribution < -0.4 is 0 Å². The highest BCUT2D eigenvalue weighted by atomic mass is 32.2. The minimum atomic E-state index is -0.910. The van der Waals surface area contributed by atoms with Crippen LogP contribution in [0.4, 0.5) is 8.78 Å². The van der Waals surface area contributed by atoms with E-state index < -0.39 is 11.6 Å². The maximum atomic E-state index is 12.9. The lowest BCUT2D eigenvalue weighted by Crippen LogP contribution is -1.82. The normalized spacial score (nSPS) is 10.4. The maximum Gasteiger partial charge on any atom is 0.185 e. The zero-order valence-electron chi connectivity index (χ0n) is 7.94. The molecule has 2 aromatic rings. The fourth-order valence-corrected chi connectivity index (χ4v) is 1.91. The average molecular weight is 240 g/mol. The van der Waals surface area contributed by atoms with Crippen molar-refractivity contribution in [2.24, 2.45) is 0 Å². The largest absolute Gasteiger partial charge is 0.447 e. The van der Waals surface area contributed by atoms with Crippen molar-refractivity contribution >= 4 is 18.0 Å². The van der Waals surface area contributed by atoms with E-state index in [1.165, 1.54) is 12.1 Å². The molecule has 0 bridgehead atoms. The van der Waals surface area contributed by atoms with Gasteiger partial charge < -0.3 is 4.42 Å². The van der Waals surface area contributed by atoms with Crippen molar-refractivity contribution in [2.45, 2.75) is 9.99 Å². The van der Waals surface area contributed by atoms with Crippen molar-refractivity contribution in [3.63, 3.8) is 0 Å². The summed E-state index contributed by atoms with van der Waals surface area (Å²) in [6.45, 7) is 0. The standard InChI is InChI=1S/C11H6F2O2S/c12-9-3-2-8(5-10(9)13)16-11-4-1-7(6-14)15-11/h1-6H. The minimum absolute atomic E-state index is 0.199. The number of aldehydes is 1. The first-order valence-corrected chi connectivity index (χ1v) is 5.18. The Kier molecular flexibility index (Phi) is 3.05. The highest BCUT2D eigenvalue weighted by Gasteiger charge is 2.06. The molecule has 0 saturated carbocycles. The monoisotopic (exact) mass is 240 g/mol. The Balaban J connectivity index is 2.20. The Morgan fingerprint density at radius 2 is 1.94 bits per heavy atom. The van der Waals surface area contributed by atoms with Gasteiger partial charge in [-0.25, -0.2) is 8.78 Å². The lowest BCUT2D eigenvalue weighted by molar-refractivity contribution is 0.109. The molecule has 1 aromatic carbocycles. The van der Waals surface area contributed by atoms with Gasteiger partial charge in [0.1, 0.15) is 0 Å². The summed E-state index contributed by atoms with van der Waals surface area (Å²) in [5.41, 5.74) is 0. The molecule has 0 saturated heterocycles. The number of benzene rings is 1. The van der Waals surface area contributed by atoms with Crippen LogP contribution in [0.15, 0.2) is 44.7 Å². The van der Waals surface area contributed by atoms with Gasteiger partial charge in [0, 0.05) is 4.90 Å². The van der Waals surface area contributed by atoms with Gasteiger partial charge in [-0.05, 0) is 30.3 Å². The molecule has 2 rings (SSSR count). The van der Waals surface area contributed by atoms with E-state index in [1.54, 1.807) is 6.07 Å². The van der Waals surface area contributed by atoms with E-state index in [1.807, 2.05) is 0 Å². The molecule has 1 heterocycles. The molecule has 0 aliphatic carbocycles. The van der Waals surface area contributed by atoms with Crippen molar-refractivity contribution in [3.05, 3.63) is 47.7 Å². The third-order valence-corrected chi connectivity index (χ3v) is 2.74. The molecule has 0 aliphatic heterocycles. The van der Waals surface area contributed by atoms with Crippen LogP contribution in [0.2, 0.25) is 0 Å². The molecule has 0 unspecified atom stereocenters. The highest BCUT2D eigenvalue weighted by Crippen LogP contribution is 2.29. The predicted molar refractivity (Wildman–Crippen MR) is 54.6 cm³/mol. The van der Waals surface area contributed by atoms with Gasteiger partial charge in [0.25, 0.3) is 0 Å². The summed E-state index contributed by atoms with van der Waals surface area (Å²) < 4.78 is 30.6. The Bertz CT molecular complexity index is 522. The summed E-state index contributed by atoms with van der Waals surface area (Å²) >= 11 is 1.11. The lowest BCUT2D eigenvalue weighted by atomic mass is 10.3. The number of carbonyl (C=O) groups is 1. The maximum absolute atomic E-state index is 12.9. The fraction of sp³-hybridized carbons (Fsp3) is 0. The lowest BCUT2D eigenvalue weighted by Gasteiger charge is -1.98. The fourth-order valence-electron chi connectivity index (χ4n) is 1.11. The molecule has 1 aromatic heterocycles. The first-order valence-electron chi connectivity index (χ1n) is 4.37. The number of rotatable bonds is 3. The minimum Gasteiger partial charge on any atom is -0.447 e. The Morgan fingerprint density at radius 1 is 1.12 bits per heavy atom. The predicted octanol–water partition coefficient (Wildman–Crippen LogP) is 3.52. The van der Waals surface area contributed by atoms with Crippen molar-refractivity contribution < 1.29 is 18.0 Å². The molecule has 82 valence electrons. The number of hydrogen-bond acceptors (Lipinski definition) is 3. The molecule has 0 aliphatic rings. The van der Waals surface area contributed by atoms with Gasteiger partial charge in [-0.2, -0.15) is 0 Å². The molecular formula is C11H6F2O2S. The number of hydrogen-bond donors (Lipinski definition) is 0. The summed E-state index contributed by atoms with van der Waals surface area (Å²) in [6, 6.07) is 6.65. The van der Waals surface area contributed by atoms with Crippen molar-refractivity contribution in [1.29, 1.82) is 0 Å². The van der Waals surface area contributed by atoms with E-state index >= 15 is 0 Å². The molecule has 16 heavy (non-hydrogen) atoms. The average Bonchev–Trinajstić information content (AvgIpc) is 2.71. The summed E-state index contributed by atoms with van der Waals surface area (Å²) in [4.78, 5) is 10.9. The molecule has 0 N–H and O–H groups in total. The summed E-state index contributed by atoms with van der Waals surface area (Å²) in [5, 5.41) is 0.452. The van der Waals surface area contributed by atoms with Gasteiger partial charge in [-0.15, -0.1) is 0 Å². The molecule has 2 nitrogen and oxygen atoms in total.